The molecular weight excluding hydrogens is 683 g/mol. The number of benzene rings is 9. The summed E-state index contributed by atoms with van der Waals surface area (Å²) in [6.45, 7) is 0. The molecule has 258 valence electrons. The van der Waals surface area contributed by atoms with Gasteiger partial charge in [0, 0.05) is 47.9 Å². The van der Waals surface area contributed by atoms with Gasteiger partial charge in [0.05, 0.1) is 11.0 Å². The summed E-state index contributed by atoms with van der Waals surface area (Å²) >= 11 is 1.92. The molecule has 0 fully saturated rings. The van der Waals surface area contributed by atoms with Gasteiger partial charge in [0.15, 0.2) is 0 Å². The minimum atomic E-state index is 0.175. The van der Waals surface area contributed by atoms with Crippen molar-refractivity contribution in [3.8, 4) is 27.9 Å². The fourth-order valence-electron chi connectivity index (χ4n) is 8.80. The van der Waals surface area contributed by atoms with Gasteiger partial charge in [-0.1, -0.05) is 170 Å². The van der Waals surface area contributed by atoms with Gasteiger partial charge in [0.2, 0.25) is 0 Å². The van der Waals surface area contributed by atoms with E-state index in [2.05, 4.69) is 211 Å². The molecule has 0 aliphatic heterocycles. The van der Waals surface area contributed by atoms with E-state index in [9.17, 15) is 0 Å². The molecule has 55 heavy (non-hydrogen) atoms. The van der Waals surface area contributed by atoms with E-state index in [1.165, 1.54) is 97.4 Å². The topological polar surface area (TPSA) is 4.93 Å². The van der Waals surface area contributed by atoms with Crippen LogP contribution in [0.5, 0.6) is 0 Å². The highest BCUT2D eigenvalue weighted by molar-refractivity contribution is 7.27. The molecule has 0 unspecified atom stereocenters. The summed E-state index contributed by atoms with van der Waals surface area (Å²) in [5.41, 5.74) is 12.5. The van der Waals surface area contributed by atoms with Crippen molar-refractivity contribution in [2.24, 2.45) is 0 Å². The smallest absolute Gasteiger partial charge is 0.0634 e. The van der Waals surface area contributed by atoms with Gasteiger partial charge in [0.25, 0.3) is 0 Å². The van der Waals surface area contributed by atoms with Crippen molar-refractivity contribution in [1.82, 2.24) is 4.57 Å². The Labute approximate surface area is 324 Å². The Kier molecular flexibility index (Phi) is 7.50. The van der Waals surface area contributed by atoms with Crippen LogP contribution in [-0.2, 0) is 0 Å². The van der Waals surface area contributed by atoms with Crippen LogP contribution >= 0.6 is 11.3 Å². The zero-order chi connectivity index (χ0) is 36.3. The van der Waals surface area contributed by atoms with Crippen molar-refractivity contribution in [3.63, 3.8) is 0 Å². The zero-order valence-corrected chi connectivity index (χ0v) is 30.9. The summed E-state index contributed by atoms with van der Waals surface area (Å²) in [4.78, 5) is 0. The predicted octanol–water partition coefficient (Wildman–Crippen LogP) is 14.8. The van der Waals surface area contributed by atoms with Crippen LogP contribution in [0.4, 0.5) is 0 Å². The Morgan fingerprint density at radius 3 is 1.55 bits per heavy atom. The van der Waals surface area contributed by atoms with E-state index in [1.54, 1.807) is 0 Å². The lowest BCUT2D eigenvalue weighted by molar-refractivity contribution is 0.978. The van der Waals surface area contributed by atoms with E-state index < -0.39 is 0 Å². The monoisotopic (exact) mass is 717 g/mol. The number of rotatable bonds is 6. The van der Waals surface area contributed by atoms with Crippen LogP contribution in [0.25, 0.3) is 80.7 Å². The molecule has 2 heterocycles. The molecule has 0 N–H and O–H groups in total. The summed E-state index contributed by atoms with van der Waals surface area (Å²) in [7, 11) is 0. The zero-order valence-electron chi connectivity index (χ0n) is 30.1. The first kappa shape index (κ1) is 31.8. The Bertz CT molecular complexity index is 3120. The van der Waals surface area contributed by atoms with E-state index >= 15 is 0 Å². The number of nitrogens with zero attached hydrogens (tertiary/aromatic N) is 1. The van der Waals surface area contributed by atoms with Gasteiger partial charge in [-0.2, -0.15) is 0 Å². The van der Waals surface area contributed by atoms with Gasteiger partial charge >= 0.3 is 0 Å². The molecule has 2 aromatic heterocycles. The Morgan fingerprint density at radius 2 is 0.873 bits per heavy atom. The molecule has 0 amide bonds. The highest BCUT2D eigenvalue weighted by atomic mass is 32.1. The summed E-state index contributed by atoms with van der Waals surface area (Å²) in [6.07, 6.45) is 0. The fourth-order valence-corrected chi connectivity index (χ4v) is 10.1. The number of thiophene rings is 1. The third-order valence-corrected chi connectivity index (χ3v) is 12.5. The van der Waals surface area contributed by atoms with Crippen molar-refractivity contribution in [1.29, 1.82) is 0 Å². The van der Waals surface area contributed by atoms with Gasteiger partial charge in [-0.3, -0.25) is 0 Å². The average molecular weight is 718 g/mol. The Balaban J connectivity index is 1.14. The minimum absolute atomic E-state index is 0.175. The molecule has 0 spiro atoms. The fraction of sp³-hybridized carbons (Fsp3) is 0.0189. The maximum atomic E-state index is 2.48. The maximum absolute atomic E-state index is 2.48. The molecule has 0 saturated carbocycles. The molecule has 0 atom stereocenters. The van der Waals surface area contributed by atoms with Crippen LogP contribution in [0, 0.1) is 0 Å². The lowest BCUT2D eigenvalue weighted by Gasteiger charge is -2.19. The standard InChI is InChI=1S/C53H35NS/c1-5-15-35(16-6-1)40-29-31-47-45(33-40)51-52(54(47)42-21-11-4-12-22-42)44-24-14-13-23-43(44)50-46-34-41(30-32-48(46)55-53(50)51)36-25-27-39(28-26-36)49(37-17-7-2-8-18-37)38-19-9-3-10-20-38/h1-34,49H. The van der Waals surface area contributed by atoms with Gasteiger partial charge in [-0.25, -0.2) is 0 Å². The number of hydrogen-bond acceptors (Lipinski definition) is 1. The van der Waals surface area contributed by atoms with Gasteiger partial charge in [-0.15, -0.1) is 11.3 Å². The summed E-state index contributed by atoms with van der Waals surface area (Å²) in [5, 5.41) is 7.82. The predicted molar refractivity (Wildman–Crippen MR) is 236 cm³/mol. The molecule has 0 bridgehead atoms. The van der Waals surface area contributed by atoms with Crippen LogP contribution in [0.3, 0.4) is 0 Å². The van der Waals surface area contributed by atoms with Crippen molar-refractivity contribution < 1.29 is 0 Å². The quantitative estimate of drug-likeness (QED) is 0.151. The molecule has 11 aromatic rings. The molecule has 1 nitrogen and oxygen atoms in total. The molecule has 9 aromatic carbocycles. The van der Waals surface area contributed by atoms with E-state index in [0.29, 0.717) is 0 Å². The first-order chi connectivity index (χ1) is 27.3. The van der Waals surface area contributed by atoms with E-state index in [1.807, 2.05) is 11.3 Å². The SMILES string of the molecule is c1ccc(-c2ccc3c(c2)c2c4sc5ccc(-c6ccc(C(c7ccccc7)c7ccccc7)cc6)cc5c4c4ccccc4c2n3-c2ccccc2)cc1. The first-order valence-corrected chi connectivity index (χ1v) is 19.8. The molecule has 0 radical (unpaired) electrons. The highest BCUT2D eigenvalue weighted by Crippen LogP contribution is 2.49. The number of hydrogen-bond donors (Lipinski definition) is 0. The third-order valence-electron chi connectivity index (χ3n) is 11.3. The molecule has 0 saturated heterocycles. The Hall–Kier alpha value is -6.74. The van der Waals surface area contributed by atoms with Gasteiger partial charge < -0.3 is 4.57 Å². The van der Waals surface area contributed by atoms with Crippen molar-refractivity contribution in [3.05, 3.63) is 223 Å². The highest BCUT2D eigenvalue weighted by Gasteiger charge is 2.23. The summed E-state index contributed by atoms with van der Waals surface area (Å²) in [5.74, 6) is 0.175. The van der Waals surface area contributed by atoms with Crippen molar-refractivity contribution in [2.75, 3.05) is 0 Å². The van der Waals surface area contributed by atoms with Crippen LogP contribution in [0.2, 0.25) is 0 Å². The van der Waals surface area contributed by atoms with Crippen molar-refractivity contribution in [2.45, 2.75) is 5.92 Å². The Morgan fingerprint density at radius 1 is 0.364 bits per heavy atom. The van der Waals surface area contributed by atoms with E-state index in [4.69, 9.17) is 0 Å². The third kappa shape index (κ3) is 5.21. The lowest BCUT2D eigenvalue weighted by Crippen LogP contribution is -2.03. The maximum Gasteiger partial charge on any atom is 0.0634 e. The second kappa shape index (κ2) is 13.0. The normalized spacial score (nSPS) is 11.8. The largest absolute Gasteiger partial charge is 0.309 e. The van der Waals surface area contributed by atoms with Crippen molar-refractivity contribution >= 4 is 64.1 Å². The summed E-state index contributed by atoms with van der Waals surface area (Å²) < 4.78 is 5.13. The lowest BCUT2D eigenvalue weighted by atomic mass is 9.84. The molecular formula is C53H35NS. The van der Waals surface area contributed by atoms with E-state index in [-0.39, 0.29) is 5.92 Å². The van der Waals surface area contributed by atoms with E-state index in [0.717, 1.165) is 0 Å². The molecule has 11 rings (SSSR count). The molecule has 0 aliphatic carbocycles. The molecule has 0 aliphatic rings. The molecule has 2 heteroatoms. The van der Waals surface area contributed by atoms with Gasteiger partial charge in [0.1, 0.15) is 0 Å². The summed E-state index contributed by atoms with van der Waals surface area (Å²) in [6, 6.07) is 75.6. The number of fused-ring (bicyclic) bond motifs is 10. The second-order valence-electron chi connectivity index (χ2n) is 14.4. The van der Waals surface area contributed by atoms with Gasteiger partial charge in [-0.05, 0) is 80.7 Å². The van der Waals surface area contributed by atoms with Crippen LogP contribution < -0.4 is 0 Å². The van der Waals surface area contributed by atoms with Crippen LogP contribution in [0.15, 0.2) is 206 Å². The van der Waals surface area contributed by atoms with Crippen LogP contribution in [-0.4, -0.2) is 4.57 Å². The first-order valence-electron chi connectivity index (χ1n) is 19.0. The number of aromatic nitrogens is 1. The minimum Gasteiger partial charge on any atom is -0.309 e. The van der Waals surface area contributed by atoms with Crippen LogP contribution in [0.1, 0.15) is 22.6 Å². The average Bonchev–Trinajstić information content (AvgIpc) is 3.82. The number of para-hydroxylation sites is 1. The second-order valence-corrected chi connectivity index (χ2v) is 15.5.